The molecule has 5 nitrogen and oxygen atoms in total. The van der Waals surface area contributed by atoms with E-state index >= 15 is 0 Å². The molecule has 7 heteroatoms. The van der Waals surface area contributed by atoms with Gasteiger partial charge in [0.05, 0.1) is 12.8 Å². The molecule has 0 heterocycles. The minimum Gasteiger partial charge on any atom is -0.352 e. The fourth-order valence-electron chi connectivity index (χ4n) is 2.03. The SMILES string of the molecule is CCC(CC)NC(=O)CN(Cc1ccccc1Cl)S(C)(=O)=O. The van der Waals surface area contributed by atoms with Crippen molar-refractivity contribution in [1.82, 2.24) is 9.62 Å². The van der Waals surface area contributed by atoms with Gasteiger partial charge in [0.15, 0.2) is 0 Å². The van der Waals surface area contributed by atoms with E-state index in [0.29, 0.717) is 10.6 Å². The summed E-state index contributed by atoms with van der Waals surface area (Å²) in [4.78, 5) is 12.1. The number of sulfonamides is 1. The molecule has 0 bridgehead atoms. The molecule has 0 fully saturated rings. The second-order valence-electron chi connectivity index (χ2n) is 5.20. The van der Waals surface area contributed by atoms with E-state index in [4.69, 9.17) is 11.6 Å². The molecule has 0 aliphatic heterocycles. The molecule has 0 radical (unpaired) electrons. The Morgan fingerprint density at radius 2 is 1.86 bits per heavy atom. The van der Waals surface area contributed by atoms with Crippen LogP contribution in [0.2, 0.25) is 5.02 Å². The molecule has 0 unspecified atom stereocenters. The molecule has 1 amide bonds. The Kier molecular flexibility index (Phi) is 7.32. The van der Waals surface area contributed by atoms with E-state index in [1.807, 2.05) is 13.8 Å². The molecule has 0 aliphatic rings. The van der Waals surface area contributed by atoms with Crippen molar-refractivity contribution in [3.63, 3.8) is 0 Å². The monoisotopic (exact) mass is 346 g/mol. The average Bonchev–Trinajstić information content (AvgIpc) is 2.45. The van der Waals surface area contributed by atoms with Gasteiger partial charge >= 0.3 is 0 Å². The number of benzene rings is 1. The normalized spacial score (nSPS) is 11.9. The number of hydrogen-bond donors (Lipinski definition) is 1. The van der Waals surface area contributed by atoms with Gasteiger partial charge in [-0.1, -0.05) is 43.6 Å². The van der Waals surface area contributed by atoms with E-state index in [1.54, 1.807) is 24.3 Å². The van der Waals surface area contributed by atoms with E-state index in [0.717, 1.165) is 23.4 Å². The van der Waals surface area contributed by atoms with Gasteiger partial charge in [0, 0.05) is 17.6 Å². The van der Waals surface area contributed by atoms with E-state index in [9.17, 15) is 13.2 Å². The number of carbonyl (C=O) groups excluding carboxylic acids is 1. The molecule has 0 saturated heterocycles. The number of amides is 1. The number of nitrogens with zero attached hydrogens (tertiary/aromatic N) is 1. The highest BCUT2D eigenvalue weighted by Gasteiger charge is 2.22. The highest BCUT2D eigenvalue weighted by Crippen LogP contribution is 2.18. The molecule has 1 N–H and O–H groups in total. The maximum absolute atomic E-state index is 12.1. The summed E-state index contributed by atoms with van der Waals surface area (Å²) < 4.78 is 25.0. The number of hydrogen-bond acceptors (Lipinski definition) is 3. The summed E-state index contributed by atoms with van der Waals surface area (Å²) in [5.74, 6) is -0.300. The highest BCUT2D eigenvalue weighted by molar-refractivity contribution is 7.88. The summed E-state index contributed by atoms with van der Waals surface area (Å²) in [7, 11) is -3.51. The van der Waals surface area contributed by atoms with Gasteiger partial charge in [-0.25, -0.2) is 8.42 Å². The first-order chi connectivity index (χ1) is 10.3. The first-order valence-electron chi connectivity index (χ1n) is 7.25. The third-order valence-corrected chi connectivity index (χ3v) is 5.01. The zero-order valence-corrected chi connectivity index (χ0v) is 14.7. The van der Waals surface area contributed by atoms with Crippen molar-refractivity contribution >= 4 is 27.5 Å². The van der Waals surface area contributed by atoms with Crippen LogP contribution in [0.25, 0.3) is 0 Å². The predicted octanol–water partition coefficient (Wildman–Crippen LogP) is 2.41. The minimum absolute atomic E-state index is 0.0641. The smallest absolute Gasteiger partial charge is 0.235 e. The van der Waals surface area contributed by atoms with E-state index in [-0.39, 0.29) is 25.0 Å². The molecule has 0 spiro atoms. The Bertz CT molecular complexity index is 601. The van der Waals surface area contributed by atoms with Crippen molar-refractivity contribution in [2.45, 2.75) is 39.3 Å². The van der Waals surface area contributed by atoms with Crippen LogP contribution in [0.15, 0.2) is 24.3 Å². The number of rotatable bonds is 8. The number of nitrogens with one attached hydrogen (secondary N) is 1. The summed E-state index contributed by atoms with van der Waals surface area (Å²) >= 11 is 6.06. The van der Waals surface area contributed by atoms with Crippen LogP contribution in [-0.4, -0.2) is 37.5 Å². The Morgan fingerprint density at radius 1 is 1.27 bits per heavy atom. The number of carbonyl (C=O) groups is 1. The standard InChI is InChI=1S/C15H23ClN2O3S/c1-4-13(5-2)17-15(19)11-18(22(3,20)21)10-12-8-6-7-9-14(12)16/h6-9,13H,4-5,10-11H2,1-3H3,(H,17,19). The van der Waals surface area contributed by atoms with Crippen LogP contribution in [-0.2, 0) is 21.4 Å². The molecule has 124 valence electrons. The second kappa shape index (κ2) is 8.50. The van der Waals surface area contributed by atoms with Crippen molar-refractivity contribution in [3.8, 4) is 0 Å². The lowest BCUT2D eigenvalue weighted by Gasteiger charge is -2.22. The Labute approximate surface area is 137 Å². The fourth-order valence-corrected chi connectivity index (χ4v) is 2.95. The zero-order chi connectivity index (χ0) is 16.8. The average molecular weight is 347 g/mol. The molecule has 0 aliphatic carbocycles. The highest BCUT2D eigenvalue weighted by atomic mass is 35.5. The molecule has 22 heavy (non-hydrogen) atoms. The van der Waals surface area contributed by atoms with Gasteiger partial charge in [0.1, 0.15) is 0 Å². The van der Waals surface area contributed by atoms with Gasteiger partial charge in [0.2, 0.25) is 15.9 Å². The van der Waals surface area contributed by atoms with Crippen LogP contribution in [0.3, 0.4) is 0 Å². The molecule has 1 rings (SSSR count). The zero-order valence-electron chi connectivity index (χ0n) is 13.2. The van der Waals surface area contributed by atoms with Crippen molar-refractivity contribution in [1.29, 1.82) is 0 Å². The first-order valence-corrected chi connectivity index (χ1v) is 9.48. The maximum Gasteiger partial charge on any atom is 0.235 e. The van der Waals surface area contributed by atoms with Gasteiger partial charge in [-0.2, -0.15) is 4.31 Å². The fraction of sp³-hybridized carbons (Fsp3) is 0.533. The van der Waals surface area contributed by atoms with Gasteiger partial charge in [-0.3, -0.25) is 4.79 Å². The van der Waals surface area contributed by atoms with Gasteiger partial charge in [-0.15, -0.1) is 0 Å². The Morgan fingerprint density at radius 3 is 2.36 bits per heavy atom. The lowest BCUT2D eigenvalue weighted by atomic mass is 10.2. The van der Waals surface area contributed by atoms with Crippen LogP contribution in [0.1, 0.15) is 32.3 Å². The molecule has 1 aromatic carbocycles. The molecule has 0 atom stereocenters. The van der Waals surface area contributed by atoms with Crippen molar-refractivity contribution in [3.05, 3.63) is 34.9 Å². The molecular formula is C15H23ClN2O3S. The van der Waals surface area contributed by atoms with Gasteiger partial charge in [-0.05, 0) is 24.5 Å². The summed E-state index contributed by atoms with van der Waals surface area (Å²) in [6.07, 6.45) is 2.71. The topological polar surface area (TPSA) is 66.5 Å². The quantitative estimate of drug-likeness (QED) is 0.786. The van der Waals surface area contributed by atoms with Crippen molar-refractivity contribution < 1.29 is 13.2 Å². The third-order valence-electron chi connectivity index (χ3n) is 3.44. The molecule has 0 aromatic heterocycles. The van der Waals surface area contributed by atoms with Crippen LogP contribution in [0.5, 0.6) is 0 Å². The first kappa shape index (κ1) is 18.9. The van der Waals surface area contributed by atoms with Crippen molar-refractivity contribution in [2.24, 2.45) is 0 Å². The maximum atomic E-state index is 12.1. The van der Waals surface area contributed by atoms with E-state index in [2.05, 4.69) is 5.32 Å². The molecular weight excluding hydrogens is 324 g/mol. The van der Waals surface area contributed by atoms with E-state index in [1.165, 1.54) is 0 Å². The van der Waals surface area contributed by atoms with Crippen molar-refractivity contribution in [2.75, 3.05) is 12.8 Å². The van der Waals surface area contributed by atoms with Crippen LogP contribution >= 0.6 is 11.6 Å². The predicted molar refractivity (Wildman–Crippen MR) is 89.2 cm³/mol. The van der Waals surface area contributed by atoms with Crippen LogP contribution < -0.4 is 5.32 Å². The number of halogens is 1. The largest absolute Gasteiger partial charge is 0.352 e. The summed E-state index contributed by atoms with van der Waals surface area (Å²) in [6.45, 7) is 3.83. The summed E-state index contributed by atoms with van der Waals surface area (Å²) in [5.41, 5.74) is 0.671. The van der Waals surface area contributed by atoms with E-state index < -0.39 is 10.0 Å². The molecule has 1 aromatic rings. The summed E-state index contributed by atoms with van der Waals surface area (Å²) in [5, 5.41) is 3.32. The minimum atomic E-state index is -3.51. The van der Waals surface area contributed by atoms with Gasteiger partial charge < -0.3 is 5.32 Å². The summed E-state index contributed by atoms with van der Waals surface area (Å²) in [6, 6.07) is 7.07. The van der Waals surface area contributed by atoms with Crippen LogP contribution in [0.4, 0.5) is 0 Å². The van der Waals surface area contributed by atoms with Gasteiger partial charge in [0.25, 0.3) is 0 Å². The Hall–Kier alpha value is -1.11. The Balaban J connectivity index is 2.83. The third kappa shape index (κ3) is 5.94. The van der Waals surface area contributed by atoms with Crippen LogP contribution in [0, 0.1) is 0 Å². The lowest BCUT2D eigenvalue weighted by molar-refractivity contribution is -0.122. The second-order valence-corrected chi connectivity index (χ2v) is 7.59. The molecule has 0 saturated carbocycles. The lowest BCUT2D eigenvalue weighted by Crippen LogP contribution is -2.43.